The SMILES string of the molecule is O=C(CCCN1C(=O)C=CC1=O)NCCCNC(=O)c1ccc(CNC2C[C@@H](NCc3ccccn3)C[C@@H](NCc3ccccn3)C2)nc1. The van der Waals surface area contributed by atoms with Gasteiger partial charge in [-0.15, -0.1) is 0 Å². The summed E-state index contributed by atoms with van der Waals surface area (Å²) in [4.78, 5) is 62.4. The van der Waals surface area contributed by atoms with Crippen molar-refractivity contribution in [2.75, 3.05) is 19.6 Å². The molecule has 0 saturated heterocycles. The number of nitrogens with zero attached hydrogens (tertiary/aromatic N) is 4. The predicted octanol–water partition coefficient (Wildman–Crippen LogP) is 1.77. The highest BCUT2D eigenvalue weighted by Gasteiger charge is 2.28. The zero-order chi connectivity index (χ0) is 34.3. The van der Waals surface area contributed by atoms with Gasteiger partial charge in [0, 0.05) is 94.6 Å². The molecule has 0 radical (unpaired) electrons. The number of aromatic nitrogens is 3. The molecule has 1 aliphatic carbocycles. The Morgan fingerprint density at radius 2 is 1.22 bits per heavy atom. The Hall–Kier alpha value is -4.85. The number of pyridine rings is 3. The Morgan fingerprint density at radius 1 is 0.673 bits per heavy atom. The molecular formula is C36H45N9O4. The zero-order valence-electron chi connectivity index (χ0n) is 27.6. The van der Waals surface area contributed by atoms with E-state index in [0.29, 0.717) is 50.1 Å². The van der Waals surface area contributed by atoms with Crippen LogP contribution >= 0.6 is 0 Å². The Labute approximate surface area is 286 Å². The van der Waals surface area contributed by atoms with Gasteiger partial charge in [0.1, 0.15) is 0 Å². The summed E-state index contributed by atoms with van der Waals surface area (Å²) in [6, 6.07) is 16.5. The second-order valence-corrected chi connectivity index (χ2v) is 12.3. The molecule has 13 nitrogen and oxygen atoms in total. The van der Waals surface area contributed by atoms with Crippen molar-refractivity contribution in [2.24, 2.45) is 0 Å². The third-order valence-electron chi connectivity index (χ3n) is 8.61. The highest BCUT2D eigenvalue weighted by molar-refractivity contribution is 6.12. The summed E-state index contributed by atoms with van der Waals surface area (Å²) in [6.45, 7) is 3.05. The van der Waals surface area contributed by atoms with E-state index in [1.165, 1.54) is 12.2 Å². The first kappa shape index (κ1) is 35.5. The molecule has 4 heterocycles. The average Bonchev–Trinajstić information content (AvgIpc) is 3.45. The minimum absolute atomic E-state index is 0.160. The topological polar surface area (TPSA) is 170 Å². The molecule has 3 aromatic heterocycles. The van der Waals surface area contributed by atoms with E-state index in [9.17, 15) is 19.2 Å². The van der Waals surface area contributed by atoms with E-state index in [1.807, 2.05) is 54.9 Å². The van der Waals surface area contributed by atoms with Gasteiger partial charge in [0.15, 0.2) is 0 Å². The maximum absolute atomic E-state index is 12.6. The van der Waals surface area contributed by atoms with E-state index < -0.39 is 0 Å². The number of hydrogen-bond acceptors (Lipinski definition) is 10. The Morgan fingerprint density at radius 3 is 1.73 bits per heavy atom. The lowest BCUT2D eigenvalue weighted by Crippen LogP contribution is -2.50. The van der Waals surface area contributed by atoms with E-state index in [-0.39, 0.29) is 42.6 Å². The molecule has 0 bridgehead atoms. The van der Waals surface area contributed by atoms with Gasteiger partial charge in [-0.2, -0.15) is 0 Å². The molecule has 5 N–H and O–H groups in total. The number of amides is 4. The van der Waals surface area contributed by atoms with Gasteiger partial charge in [0.2, 0.25) is 5.91 Å². The minimum Gasteiger partial charge on any atom is -0.356 e. The molecule has 1 saturated carbocycles. The average molecular weight is 668 g/mol. The molecular weight excluding hydrogens is 622 g/mol. The van der Waals surface area contributed by atoms with Crippen LogP contribution in [0.4, 0.5) is 0 Å². The van der Waals surface area contributed by atoms with Gasteiger partial charge in [-0.05, 0) is 68.5 Å². The van der Waals surface area contributed by atoms with Crippen molar-refractivity contribution in [3.05, 3.63) is 102 Å². The molecule has 3 aromatic rings. The lowest BCUT2D eigenvalue weighted by atomic mass is 9.86. The van der Waals surface area contributed by atoms with Gasteiger partial charge in [-0.1, -0.05) is 12.1 Å². The highest BCUT2D eigenvalue weighted by atomic mass is 16.2. The van der Waals surface area contributed by atoms with Gasteiger partial charge in [-0.25, -0.2) is 0 Å². The number of carbonyl (C=O) groups excluding carboxylic acids is 4. The van der Waals surface area contributed by atoms with Gasteiger partial charge in [0.05, 0.1) is 22.6 Å². The molecule has 2 aliphatic rings. The van der Waals surface area contributed by atoms with Crippen LogP contribution in [0.25, 0.3) is 0 Å². The molecule has 1 unspecified atom stereocenters. The van der Waals surface area contributed by atoms with Crippen molar-refractivity contribution in [2.45, 2.75) is 76.3 Å². The molecule has 4 amide bonds. The van der Waals surface area contributed by atoms with Crippen molar-refractivity contribution in [1.29, 1.82) is 0 Å². The largest absolute Gasteiger partial charge is 0.356 e. The number of imide groups is 1. The van der Waals surface area contributed by atoms with E-state index in [2.05, 4.69) is 41.5 Å². The molecule has 1 aliphatic heterocycles. The summed E-state index contributed by atoms with van der Waals surface area (Å²) in [5.74, 6) is -1.07. The van der Waals surface area contributed by atoms with Crippen LogP contribution in [0.2, 0.25) is 0 Å². The van der Waals surface area contributed by atoms with Gasteiger partial charge >= 0.3 is 0 Å². The van der Waals surface area contributed by atoms with Crippen LogP contribution in [0.3, 0.4) is 0 Å². The number of rotatable bonds is 18. The third kappa shape index (κ3) is 11.7. The summed E-state index contributed by atoms with van der Waals surface area (Å²) in [7, 11) is 0. The van der Waals surface area contributed by atoms with Gasteiger partial charge in [0.25, 0.3) is 17.7 Å². The summed E-state index contributed by atoms with van der Waals surface area (Å²) >= 11 is 0. The lowest BCUT2D eigenvalue weighted by Gasteiger charge is -2.36. The lowest BCUT2D eigenvalue weighted by molar-refractivity contribution is -0.137. The van der Waals surface area contributed by atoms with Crippen molar-refractivity contribution < 1.29 is 19.2 Å². The third-order valence-corrected chi connectivity index (χ3v) is 8.61. The van der Waals surface area contributed by atoms with Crippen LogP contribution in [-0.2, 0) is 34.0 Å². The first-order chi connectivity index (χ1) is 23.9. The van der Waals surface area contributed by atoms with Crippen LogP contribution in [0.15, 0.2) is 79.3 Å². The van der Waals surface area contributed by atoms with Gasteiger partial charge in [-0.3, -0.25) is 39.0 Å². The van der Waals surface area contributed by atoms with Crippen LogP contribution in [0, 0.1) is 0 Å². The second-order valence-electron chi connectivity index (χ2n) is 12.3. The monoisotopic (exact) mass is 667 g/mol. The van der Waals surface area contributed by atoms with Crippen molar-refractivity contribution in [1.82, 2.24) is 46.4 Å². The molecule has 0 spiro atoms. The zero-order valence-corrected chi connectivity index (χ0v) is 27.6. The number of nitrogens with one attached hydrogen (secondary N) is 5. The van der Waals surface area contributed by atoms with Crippen molar-refractivity contribution in [3.63, 3.8) is 0 Å². The van der Waals surface area contributed by atoms with Crippen molar-refractivity contribution >= 4 is 23.6 Å². The fourth-order valence-electron chi connectivity index (χ4n) is 5.99. The van der Waals surface area contributed by atoms with E-state index in [1.54, 1.807) is 12.3 Å². The Kier molecular flexibility index (Phi) is 13.5. The molecule has 1 fully saturated rings. The smallest absolute Gasteiger partial charge is 0.253 e. The van der Waals surface area contributed by atoms with Crippen molar-refractivity contribution in [3.8, 4) is 0 Å². The van der Waals surface area contributed by atoms with E-state index >= 15 is 0 Å². The molecule has 3 atom stereocenters. The molecule has 5 rings (SSSR count). The fourth-order valence-corrected chi connectivity index (χ4v) is 5.99. The minimum atomic E-state index is -0.346. The summed E-state index contributed by atoms with van der Waals surface area (Å²) in [5.41, 5.74) is 3.38. The van der Waals surface area contributed by atoms with Crippen LogP contribution in [0.5, 0.6) is 0 Å². The standard InChI is InChI=1S/C36H45N9O4/c46-33(9-5-18-45-34(47)12-13-35(45)48)39-16-6-17-40-36(49)26-10-11-29(41-22-26)25-44-32-20-30(42-23-27-7-1-3-14-37-27)19-31(21-32)43-24-28-8-2-4-15-38-28/h1-4,7-8,10-15,22,30-32,42-44H,5-6,9,16-21,23-25H2,(H,39,46)(H,40,49)/t30-,31+,32?. The van der Waals surface area contributed by atoms with Gasteiger partial charge < -0.3 is 26.6 Å². The maximum atomic E-state index is 12.6. The number of carbonyl (C=O) groups is 4. The summed E-state index contributed by atoms with van der Waals surface area (Å²) in [5, 5.41) is 16.8. The molecule has 258 valence electrons. The molecule has 49 heavy (non-hydrogen) atoms. The van der Waals surface area contributed by atoms with E-state index in [0.717, 1.165) is 54.3 Å². The first-order valence-electron chi connectivity index (χ1n) is 17.0. The maximum Gasteiger partial charge on any atom is 0.253 e. The van der Waals surface area contributed by atoms with E-state index in [4.69, 9.17) is 0 Å². The van der Waals surface area contributed by atoms with Crippen LogP contribution < -0.4 is 26.6 Å². The molecule has 0 aromatic carbocycles. The quantitative estimate of drug-likeness (QED) is 0.0996. The fraction of sp³-hybridized carbons (Fsp3) is 0.417. The number of hydrogen-bond donors (Lipinski definition) is 5. The Balaban J connectivity index is 1.00. The van der Waals surface area contributed by atoms with Crippen LogP contribution in [-0.4, -0.2) is 81.2 Å². The van der Waals surface area contributed by atoms with Crippen LogP contribution in [0.1, 0.15) is 66.0 Å². The highest BCUT2D eigenvalue weighted by Crippen LogP contribution is 2.21. The Bertz CT molecular complexity index is 1480. The summed E-state index contributed by atoms with van der Waals surface area (Å²) < 4.78 is 0. The first-order valence-corrected chi connectivity index (χ1v) is 17.0. The normalized spacial score (nSPS) is 18.9. The molecule has 13 heteroatoms. The summed E-state index contributed by atoms with van der Waals surface area (Å²) in [6.07, 6.45) is 11.8. The predicted molar refractivity (Wildman–Crippen MR) is 183 cm³/mol. The second kappa shape index (κ2) is 18.6.